The van der Waals surface area contributed by atoms with Crippen molar-refractivity contribution in [2.24, 2.45) is 4.99 Å². The largest absolute Gasteiger partial charge is 0.506 e. The van der Waals surface area contributed by atoms with Crippen LogP contribution in [0.4, 0.5) is 5.69 Å². The zero-order valence-electron chi connectivity index (χ0n) is 10.2. The Bertz CT molecular complexity index is 635. The predicted octanol–water partition coefficient (Wildman–Crippen LogP) is 0.721. The molecule has 1 aromatic carbocycles. The molecule has 0 spiro atoms. The van der Waals surface area contributed by atoms with E-state index >= 15 is 0 Å². The van der Waals surface area contributed by atoms with Crippen LogP contribution in [0.5, 0.6) is 5.75 Å². The summed E-state index contributed by atoms with van der Waals surface area (Å²) in [5.74, 6) is -0.179. The highest BCUT2D eigenvalue weighted by atomic mass is 32.2. The van der Waals surface area contributed by atoms with E-state index in [0.717, 1.165) is 11.8 Å². The molecule has 102 valence electrons. The maximum absolute atomic E-state index is 11.6. The van der Waals surface area contributed by atoms with Crippen molar-refractivity contribution in [2.45, 2.75) is 4.90 Å². The van der Waals surface area contributed by atoms with Crippen LogP contribution in [0.2, 0.25) is 0 Å². The molecule has 0 radical (unpaired) electrons. The molecule has 0 aromatic heterocycles. The van der Waals surface area contributed by atoms with Gasteiger partial charge in [0.05, 0.1) is 4.90 Å². The molecule has 0 amide bonds. The fourth-order valence-corrected chi connectivity index (χ4v) is 2.25. The van der Waals surface area contributed by atoms with E-state index in [1.54, 1.807) is 12.4 Å². The number of nitriles is 1. The fourth-order valence-electron chi connectivity index (χ4n) is 1.16. The number of aromatic hydroxyl groups is 1. The van der Waals surface area contributed by atoms with Crippen molar-refractivity contribution in [3.05, 3.63) is 18.2 Å². The number of benzene rings is 1. The Morgan fingerprint density at radius 2 is 2.21 bits per heavy atom. The van der Waals surface area contributed by atoms with E-state index in [1.807, 2.05) is 0 Å². The third-order valence-electron chi connectivity index (χ3n) is 2.10. The quantitative estimate of drug-likeness (QED) is 0.328. The average molecular weight is 300 g/mol. The van der Waals surface area contributed by atoms with Gasteiger partial charge in [-0.3, -0.25) is 5.32 Å². The van der Waals surface area contributed by atoms with E-state index in [2.05, 4.69) is 15.0 Å². The number of nitrogens with one attached hydrogen (secondary N) is 2. The van der Waals surface area contributed by atoms with Crippen LogP contribution in [-0.2, 0) is 10.0 Å². The molecule has 0 bridgehead atoms. The lowest BCUT2D eigenvalue weighted by Crippen LogP contribution is -2.18. The number of sulfonamides is 1. The SMILES string of the molecule is CNS(=O)(=O)c1ccc(O)c(N=C(NC#N)SC)c1. The third-order valence-corrected chi connectivity index (χ3v) is 4.10. The summed E-state index contributed by atoms with van der Waals surface area (Å²) in [6.07, 6.45) is 3.39. The number of nitrogens with zero attached hydrogens (tertiary/aromatic N) is 2. The number of phenols is 1. The third kappa shape index (κ3) is 3.85. The fraction of sp³-hybridized carbons (Fsp3) is 0.200. The summed E-state index contributed by atoms with van der Waals surface area (Å²) in [5.41, 5.74) is 0.0587. The van der Waals surface area contributed by atoms with E-state index in [-0.39, 0.29) is 21.5 Å². The minimum atomic E-state index is -3.61. The lowest BCUT2D eigenvalue weighted by atomic mass is 10.3. The van der Waals surface area contributed by atoms with Gasteiger partial charge in [-0.2, -0.15) is 5.26 Å². The highest BCUT2D eigenvalue weighted by Crippen LogP contribution is 2.29. The number of hydrogen-bond donors (Lipinski definition) is 3. The van der Waals surface area contributed by atoms with Crippen LogP contribution in [0.3, 0.4) is 0 Å². The zero-order chi connectivity index (χ0) is 14.5. The van der Waals surface area contributed by atoms with Crippen LogP contribution in [0.15, 0.2) is 28.1 Å². The van der Waals surface area contributed by atoms with E-state index in [4.69, 9.17) is 5.26 Å². The summed E-state index contributed by atoms with van der Waals surface area (Å²) in [6.45, 7) is 0. The molecule has 0 aliphatic carbocycles. The van der Waals surface area contributed by atoms with E-state index in [9.17, 15) is 13.5 Å². The van der Waals surface area contributed by atoms with E-state index in [0.29, 0.717) is 0 Å². The standard InChI is InChI=1S/C10H12N4O3S2/c1-12-19(16,17)7-3-4-9(15)8(5-7)14-10(18-2)13-6-11/h3-5,12,15H,1-2H3,(H,13,14). The molecule has 1 rings (SSSR count). The zero-order valence-corrected chi connectivity index (χ0v) is 11.8. The van der Waals surface area contributed by atoms with Crippen molar-refractivity contribution in [3.8, 4) is 11.9 Å². The number of thioether (sulfide) groups is 1. The molecule has 0 heterocycles. The molecule has 9 heteroatoms. The molecule has 7 nitrogen and oxygen atoms in total. The van der Waals surface area contributed by atoms with Crippen LogP contribution < -0.4 is 10.0 Å². The van der Waals surface area contributed by atoms with Gasteiger partial charge in [-0.1, -0.05) is 11.8 Å². The van der Waals surface area contributed by atoms with Crippen LogP contribution in [0.25, 0.3) is 0 Å². The van der Waals surface area contributed by atoms with Gasteiger partial charge in [-0.05, 0) is 31.5 Å². The van der Waals surface area contributed by atoms with Gasteiger partial charge in [0, 0.05) is 0 Å². The molecule has 0 saturated carbocycles. The van der Waals surface area contributed by atoms with Crippen LogP contribution in [0.1, 0.15) is 0 Å². The Hall–Kier alpha value is -1.76. The van der Waals surface area contributed by atoms with Crippen molar-refractivity contribution >= 4 is 32.6 Å². The van der Waals surface area contributed by atoms with Gasteiger partial charge >= 0.3 is 0 Å². The van der Waals surface area contributed by atoms with Crippen LogP contribution >= 0.6 is 11.8 Å². The molecular weight excluding hydrogens is 288 g/mol. The molecule has 0 fully saturated rings. The Balaban J connectivity index is 3.30. The lowest BCUT2D eigenvalue weighted by Gasteiger charge is -2.06. The molecule has 3 N–H and O–H groups in total. The average Bonchev–Trinajstić information content (AvgIpc) is 2.40. The van der Waals surface area contributed by atoms with Gasteiger partial charge in [0.1, 0.15) is 11.4 Å². The molecule has 19 heavy (non-hydrogen) atoms. The van der Waals surface area contributed by atoms with Gasteiger partial charge < -0.3 is 5.11 Å². The summed E-state index contributed by atoms with van der Waals surface area (Å²) in [6, 6.07) is 3.71. The van der Waals surface area contributed by atoms with E-state index in [1.165, 1.54) is 25.2 Å². The van der Waals surface area contributed by atoms with Gasteiger partial charge in [0.2, 0.25) is 10.0 Å². The predicted molar refractivity (Wildman–Crippen MR) is 73.7 cm³/mol. The number of aliphatic imine (C=N–C) groups is 1. The number of phenolic OH excluding ortho intramolecular Hbond substituents is 1. The lowest BCUT2D eigenvalue weighted by molar-refractivity contribution is 0.476. The molecule has 1 aromatic rings. The summed E-state index contributed by atoms with van der Waals surface area (Å²) < 4.78 is 25.4. The van der Waals surface area contributed by atoms with Crippen molar-refractivity contribution in [1.29, 1.82) is 5.26 Å². The van der Waals surface area contributed by atoms with Crippen molar-refractivity contribution < 1.29 is 13.5 Å². The Morgan fingerprint density at radius 1 is 1.53 bits per heavy atom. The van der Waals surface area contributed by atoms with Gasteiger partial charge in [0.25, 0.3) is 0 Å². The molecule has 0 aliphatic heterocycles. The highest BCUT2D eigenvalue weighted by Gasteiger charge is 2.14. The smallest absolute Gasteiger partial charge is 0.240 e. The van der Waals surface area contributed by atoms with Crippen molar-refractivity contribution in [3.63, 3.8) is 0 Å². The maximum atomic E-state index is 11.6. The summed E-state index contributed by atoms with van der Waals surface area (Å²) in [5, 5.41) is 20.7. The number of amidine groups is 1. The van der Waals surface area contributed by atoms with Crippen molar-refractivity contribution in [1.82, 2.24) is 10.0 Å². The topological polar surface area (TPSA) is 115 Å². The van der Waals surface area contributed by atoms with Gasteiger partial charge in [-0.15, -0.1) is 0 Å². The Morgan fingerprint density at radius 3 is 2.74 bits per heavy atom. The minimum Gasteiger partial charge on any atom is -0.506 e. The summed E-state index contributed by atoms with van der Waals surface area (Å²) in [7, 11) is -2.33. The first-order valence-corrected chi connectivity index (χ1v) is 7.69. The normalized spacial score (nSPS) is 11.9. The van der Waals surface area contributed by atoms with Gasteiger partial charge in [0.15, 0.2) is 11.4 Å². The maximum Gasteiger partial charge on any atom is 0.240 e. The Labute approximate surface area is 115 Å². The van der Waals surface area contributed by atoms with Crippen molar-refractivity contribution in [2.75, 3.05) is 13.3 Å². The molecule has 0 atom stereocenters. The second-order valence-electron chi connectivity index (χ2n) is 3.22. The highest BCUT2D eigenvalue weighted by molar-refractivity contribution is 8.13. The second kappa shape index (κ2) is 6.42. The summed E-state index contributed by atoms with van der Waals surface area (Å²) in [4.78, 5) is 3.95. The summed E-state index contributed by atoms with van der Waals surface area (Å²) >= 11 is 1.16. The monoisotopic (exact) mass is 300 g/mol. The molecule has 0 saturated heterocycles. The number of hydrogen-bond acceptors (Lipinski definition) is 6. The minimum absolute atomic E-state index is 0.0241. The second-order valence-corrected chi connectivity index (χ2v) is 5.90. The van der Waals surface area contributed by atoms with Crippen LogP contribution in [0, 0.1) is 11.5 Å². The van der Waals surface area contributed by atoms with E-state index < -0.39 is 10.0 Å². The number of rotatable bonds is 3. The molecule has 0 unspecified atom stereocenters. The first kappa shape index (κ1) is 15.3. The Kier molecular flexibility index (Phi) is 5.17. The van der Waals surface area contributed by atoms with Gasteiger partial charge in [-0.25, -0.2) is 18.1 Å². The molecule has 0 aliphatic rings. The van der Waals surface area contributed by atoms with Crippen LogP contribution in [-0.4, -0.2) is 32.0 Å². The first-order valence-electron chi connectivity index (χ1n) is 4.99. The molecular formula is C10H12N4O3S2. The first-order chi connectivity index (χ1) is 8.94.